The number of ether oxygens (including phenoxy) is 1. The highest BCUT2D eigenvalue weighted by molar-refractivity contribution is 6.04. The predicted octanol–water partition coefficient (Wildman–Crippen LogP) is 2.29. The fraction of sp³-hybridized carbons (Fsp3) is 0.385. The fourth-order valence-corrected chi connectivity index (χ4v) is 1.86. The molecule has 1 aromatic rings. The molecule has 0 spiro atoms. The molecule has 1 aromatic carbocycles. The molecule has 0 unspecified atom stereocenters. The van der Waals surface area contributed by atoms with Crippen molar-refractivity contribution < 1.29 is 27.8 Å². The van der Waals surface area contributed by atoms with E-state index in [0.29, 0.717) is 0 Å². The molecule has 120 valence electrons. The first-order valence-electron chi connectivity index (χ1n) is 6.28. The van der Waals surface area contributed by atoms with Gasteiger partial charge in [-0.25, -0.2) is 10.2 Å². The highest BCUT2D eigenvalue weighted by Gasteiger charge is 2.35. The standard InChI is InChI=1S/C13H14F3N3O3/c1-12(2,21)17-9-4-3-7(5-8(9)13(14,15)16)10-6-22-11(20)19-18-10/h3-5,17,21H,6H2,1-2H3,(H,19,20). The minimum Gasteiger partial charge on any atom is -0.442 e. The van der Waals surface area contributed by atoms with Crippen LogP contribution in [0.2, 0.25) is 0 Å². The van der Waals surface area contributed by atoms with E-state index in [1.165, 1.54) is 26.0 Å². The Labute approximate surface area is 124 Å². The number of alkyl halides is 3. The molecule has 9 heteroatoms. The Morgan fingerprint density at radius 2 is 2.05 bits per heavy atom. The maximum absolute atomic E-state index is 13.2. The summed E-state index contributed by atoms with van der Waals surface area (Å²) in [5.41, 5.74) is -0.365. The van der Waals surface area contributed by atoms with E-state index in [4.69, 9.17) is 0 Å². The molecular formula is C13H14F3N3O3. The molecule has 1 aliphatic rings. The lowest BCUT2D eigenvalue weighted by Gasteiger charge is -2.24. The van der Waals surface area contributed by atoms with Gasteiger partial charge in [0.25, 0.3) is 0 Å². The monoisotopic (exact) mass is 317 g/mol. The number of carbonyl (C=O) groups excluding carboxylic acids is 1. The average Bonchev–Trinajstić information content (AvgIpc) is 2.37. The average molecular weight is 317 g/mol. The second-order valence-electron chi connectivity index (χ2n) is 5.19. The predicted molar refractivity (Wildman–Crippen MR) is 72.4 cm³/mol. The number of cyclic esters (lactones) is 1. The third kappa shape index (κ3) is 3.88. The molecule has 0 aromatic heterocycles. The number of halogens is 3. The Morgan fingerprint density at radius 1 is 1.36 bits per heavy atom. The van der Waals surface area contributed by atoms with Crippen LogP contribution < -0.4 is 10.7 Å². The van der Waals surface area contributed by atoms with Gasteiger partial charge in [0, 0.05) is 11.3 Å². The van der Waals surface area contributed by atoms with Gasteiger partial charge in [0.15, 0.2) is 0 Å². The summed E-state index contributed by atoms with van der Waals surface area (Å²) in [6.45, 7) is 2.44. The fourth-order valence-electron chi connectivity index (χ4n) is 1.86. The second-order valence-corrected chi connectivity index (χ2v) is 5.19. The van der Waals surface area contributed by atoms with Crippen LogP contribution in [0.15, 0.2) is 23.3 Å². The van der Waals surface area contributed by atoms with Gasteiger partial charge in [-0.05, 0) is 26.0 Å². The largest absolute Gasteiger partial charge is 0.442 e. The van der Waals surface area contributed by atoms with Gasteiger partial charge in [0.1, 0.15) is 18.0 Å². The van der Waals surface area contributed by atoms with Crippen LogP contribution in [0.1, 0.15) is 25.0 Å². The number of carbonyl (C=O) groups is 1. The van der Waals surface area contributed by atoms with Crippen molar-refractivity contribution in [2.75, 3.05) is 11.9 Å². The molecule has 6 nitrogen and oxygen atoms in total. The SMILES string of the molecule is CC(C)(O)Nc1ccc(C2=NNC(=O)OC2)cc1C(F)(F)F. The van der Waals surface area contributed by atoms with Crippen molar-refractivity contribution in [3.63, 3.8) is 0 Å². The Morgan fingerprint density at radius 3 is 2.55 bits per heavy atom. The van der Waals surface area contributed by atoms with Crippen LogP contribution in [0.3, 0.4) is 0 Å². The summed E-state index contributed by atoms with van der Waals surface area (Å²) in [6, 6.07) is 3.46. The van der Waals surface area contributed by atoms with Gasteiger partial charge >= 0.3 is 12.3 Å². The van der Waals surface area contributed by atoms with E-state index in [9.17, 15) is 23.1 Å². The molecule has 0 fully saturated rings. The number of rotatable bonds is 3. The maximum Gasteiger partial charge on any atom is 0.428 e. The summed E-state index contributed by atoms with van der Waals surface area (Å²) in [5.74, 6) is 0. The van der Waals surface area contributed by atoms with E-state index in [0.717, 1.165) is 6.07 Å². The topological polar surface area (TPSA) is 83.0 Å². The van der Waals surface area contributed by atoms with E-state index in [-0.39, 0.29) is 23.6 Å². The molecule has 22 heavy (non-hydrogen) atoms. The molecule has 0 aliphatic carbocycles. The van der Waals surface area contributed by atoms with Crippen molar-refractivity contribution in [3.05, 3.63) is 29.3 Å². The van der Waals surface area contributed by atoms with E-state index in [1.54, 1.807) is 0 Å². The van der Waals surface area contributed by atoms with Gasteiger partial charge < -0.3 is 15.2 Å². The zero-order chi connectivity index (χ0) is 16.5. The maximum atomic E-state index is 13.2. The lowest BCUT2D eigenvalue weighted by Crippen LogP contribution is -2.32. The summed E-state index contributed by atoms with van der Waals surface area (Å²) >= 11 is 0. The zero-order valence-electron chi connectivity index (χ0n) is 11.8. The van der Waals surface area contributed by atoms with Crippen molar-refractivity contribution in [3.8, 4) is 0 Å². The quantitative estimate of drug-likeness (QED) is 0.747. The minimum atomic E-state index is -4.62. The molecule has 2 rings (SSSR count). The van der Waals surface area contributed by atoms with Crippen molar-refractivity contribution >= 4 is 17.5 Å². The smallest absolute Gasteiger partial charge is 0.428 e. The third-order valence-electron chi connectivity index (χ3n) is 2.72. The molecule has 0 atom stereocenters. The number of hydrazone groups is 1. The van der Waals surface area contributed by atoms with E-state index in [1.807, 2.05) is 5.43 Å². The number of hydrogen-bond acceptors (Lipinski definition) is 5. The van der Waals surface area contributed by atoms with E-state index < -0.39 is 23.6 Å². The molecule has 0 radical (unpaired) electrons. The summed E-state index contributed by atoms with van der Waals surface area (Å²) in [5, 5.41) is 15.7. The van der Waals surface area contributed by atoms with Crippen LogP contribution >= 0.6 is 0 Å². The van der Waals surface area contributed by atoms with Crippen molar-refractivity contribution in [2.45, 2.75) is 25.7 Å². The van der Waals surface area contributed by atoms with Crippen molar-refractivity contribution in [1.29, 1.82) is 0 Å². The number of aliphatic hydroxyl groups is 1. The Hall–Kier alpha value is -2.29. The second kappa shape index (κ2) is 5.48. The lowest BCUT2D eigenvalue weighted by molar-refractivity contribution is -0.137. The van der Waals surface area contributed by atoms with Gasteiger partial charge in [0.05, 0.1) is 5.56 Å². The summed E-state index contributed by atoms with van der Waals surface area (Å²) in [7, 11) is 0. The van der Waals surface area contributed by atoms with Crippen LogP contribution in [0.5, 0.6) is 0 Å². The van der Waals surface area contributed by atoms with E-state index in [2.05, 4.69) is 15.2 Å². The number of nitrogens with one attached hydrogen (secondary N) is 2. The molecular weight excluding hydrogens is 303 g/mol. The Kier molecular flexibility index (Phi) is 4.01. The van der Waals surface area contributed by atoms with Gasteiger partial charge in [0.2, 0.25) is 0 Å². The molecule has 1 amide bonds. The number of benzene rings is 1. The third-order valence-corrected chi connectivity index (χ3v) is 2.72. The van der Waals surface area contributed by atoms with Crippen molar-refractivity contribution in [1.82, 2.24) is 5.43 Å². The molecule has 0 bridgehead atoms. The van der Waals surface area contributed by atoms with Gasteiger partial charge in [-0.2, -0.15) is 18.3 Å². The highest BCUT2D eigenvalue weighted by atomic mass is 19.4. The van der Waals surface area contributed by atoms with Crippen LogP contribution in [0.4, 0.5) is 23.7 Å². The number of nitrogens with zero attached hydrogens (tertiary/aromatic N) is 1. The molecule has 1 aliphatic heterocycles. The number of amides is 1. The lowest BCUT2D eigenvalue weighted by atomic mass is 10.0. The zero-order valence-corrected chi connectivity index (χ0v) is 11.8. The van der Waals surface area contributed by atoms with Crippen LogP contribution in [-0.4, -0.2) is 29.2 Å². The summed E-state index contributed by atoms with van der Waals surface area (Å²) in [4.78, 5) is 10.8. The van der Waals surface area contributed by atoms with Gasteiger partial charge in [-0.15, -0.1) is 0 Å². The first-order chi connectivity index (χ1) is 10.1. The van der Waals surface area contributed by atoms with Gasteiger partial charge in [-0.1, -0.05) is 6.07 Å². The normalized spacial score (nSPS) is 15.7. The Balaban J connectivity index is 2.42. The summed E-state index contributed by atoms with van der Waals surface area (Å²) in [6.07, 6.45) is -5.39. The van der Waals surface area contributed by atoms with Crippen LogP contribution in [0, 0.1) is 0 Å². The number of anilines is 1. The molecule has 3 N–H and O–H groups in total. The van der Waals surface area contributed by atoms with E-state index >= 15 is 0 Å². The molecule has 0 saturated heterocycles. The highest BCUT2D eigenvalue weighted by Crippen LogP contribution is 2.36. The van der Waals surface area contributed by atoms with Gasteiger partial charge in [-0.3, -0.25) is 0 Å². The summed E-state index contributed by atoms with van der Waals surface area (Å²) < 4.78 is 44.2. The minimum absolute atomic E-state index is 0.161. The van der Waals surface area contributed by atoms with Crippen LogP contribution in [-0.2, 0) is 10.9 Å². The van der Waals surface area contributed by atoms with Crippen molar-refractivity contribution in [2.24, 2.45) is 5.10 Å². The van der Waals surface area contributed by atoms with Crippen LogP contribution in [0.25, 0.3) is 0 Å². The number of hydrogen-bond donors (Lipinski definition) is 3. The molecule has 1 heterocycles. The first-order valence-corrected chi connectivity index (χ1v) is 6.28. The Bertz CT molecular complexity index is 621. The molecule has 0 saturated carbocycles. The first kappa shape index (κ1) is 16.1.